The summed E-state index contributed by atoms with van der Waals surface area (Å²) >= 11 is 0. The number of pyridine rings is 1. The van der Waals surface area contributed by atoms with Gasteiger partial charge in [-0.1, -0.05) is 6.07 Å². The Balaban J connectivity index is 2.96. The monoisotopic (exact) mass is 194 g/mol. The van der Waals surface area contributed by atoms with Gasteiger partial charge in [-0.15, -0.1) is 0 Å². The molecule has 3 heteroatoms. The van der Waals surface area contributed by atoms with E-state index in [2.05, 4.69) is 4.98 Å². The maximum Gasteiger partial charge on any atom is 0.218 e. The molecule has 0 amide bonds. The Bertz CT molecular complexity index is 302. The highest BCUT2D eigenvalue weighted by molar-refractivity contribution is 5.28. The summed E-state index contributed by atoms with van der Waals surface area (Å²) in [6.07, 6.45) is 1.72. The number of nitrogens with two attached hydrogens (primary N) is 1. The van der Waals surface area contributed by atoms with Crippen LogP contribution in [-0.4, -0.2) is 10.6 Å². The number of hydrogen-bond donors (Lipinski definition) is 1. The van der Waals surface area contributed by atoms with E-state index in [0.717, 1.165) is 5.56 Å². The Hall–Kier alpha value is -1.09. The normalized spacial score (nSPS) is 13.8. The smallest absolute Gasteiger partial charge is 0.218 e. The standard InChI is InChI=1S/C11H18N2O/c1-8(12)9-6-5-7-13-10(9)14-11(2,3)4/h5-8H,12H2,1-4H3/t8-/m0/s1. The number of hydrogen-bond acceptors (Lipinski definition) is 3. The molecule has 1 aromatic heterocycles. The molecule has 1 atom stereocenters. The zero-order chi connectivity index (χ0) is 10.8. The van der Waals surface area contributed by atoms with Gasteiger partial charge in [0.1, 0.15) is 5.60 Å². The lowest BCUT2D eigenvalue weighted by Gasteiger charge is -2.22. The highest BCUT2D eigenvalue weighted by atomic mass is 16.5. The van der Waals surface area contributed by atoms with Gasteiger partial charge in [0, 0.05) is 17.8 Å². The Morgan fingerprint density at radius 3 is 2.57 bits per heavy atom. The molecule has 0 radical (unpaired) electrons. The second kappa shape index (κ2) is 3.96. The third kappa shape index (κ3) is 3.00. The van der Waals surface area contributed by atoms with E-state index < -0.39 is 0 Å². The first-order chi connectivity index (χ1) is 6.40. The minimum Gasteiger partial charge on any atom is -0.472 e. The van der Waals surface area contributed by atoms with Gasteiger partial charge in [0.05, 0.1) is 0 Å². The predicted molar refractivity (Wildman–Crippen MR) is 57.2 cm³/mol. The molecule has 0 fully saturated rings. The topological polar surface area (TPSA) is 48.1 Å². The van der Waals surface area contributed by atoms with Crippen LogP contribution in [-0.2, 0) is 0 Å². The van der Waals surface area contributed by atoms with Gasteiger partial charge in [0.25, 0.3) is 0 Å². The zero-order valence-corrected chi connectivity index (χ0v) is 9.24. The van der Waals surface area contributed by atoms with Gasteiger partial charge in [-0.2, -0.15) is 0 Å². The van der Waals surface area contributed by atoms with E-state index in [1.807, 2.05) is 39.8 Å². The van der Waals surface area contributed by atoms with Crippen molar-refractivity contribution in [2.24, 2.45) is 5.73 Å². The molecule has 0 aliphatic rings. The van der Waals surface area contributed by atoms with E-state index in [9.17, 15) is 0 Å². The minimum atomic E-state index is -0.238. The fourth-order valence-corrected chi connectivity index (χ4v) is 1.13. The van der Waals surface area contributed by atoms with Crippen molar-refractivity contribution in [3.8, 4) is 5.88 Å². The molecule has 1 rings (SSSR count). The highest BCUT2D eigenvalue weighted by Crippen LogP contribution is 2.23. The van der Waals surface area contributed by atoms with Crippen molar-refractivity contribution in [1.29, 1.82) is 0 Å². The quantitative estimate of drug-likeness (QED) is 0.785. The van der Waals surface area contributed by atoms with E-state index in [4.69, 9.17) is 10.5 Å². The summed E-state index contributed by atoms with van der Waals surface area (Å²) in [5.74, 6) is 0.634. The van der Waals surface area contributed by atoms with Crippen molar-refractivity contribution in [3.63, 3.8) is 0 Å². The second-order valence-corrected chi connectivity index (χ2v) is 4.40. The first-order valence-electron chi connectivity index (χ1n) is 4.79. The van der Waals surface area contributed by atoms with Gasteiger partial charge in [-0.05, 0) is 33.8 Å². The summed E-state index contributed by atoms with van der Waals surface area (Å²) in [6.45, 7) is 7.90. The molecule has 14 heavy (non-hydrogen) atoms. The molecule has 0 spiro atoms. The van der Waals surface area contributed by atoms with Gasteiger partial charge < -0.3 is 10.5 Å². The Labute approximate surface area is 85.3 Å². The molecular formula is C11H18N2O. The van der Waals surface area contributed by atoms with Gasteiger partial charge in [0.2, 0.25) is 5.88 Å². The molecule has 0 unspecified atom stereocenters. The summed E-state index contributed by atoms with van der Waals surface area (Å²) in [7, 11) is 0. The Kier molecular flexibility index (Phi) is 3.11. The summed E-state index contributed by atoms with van der Waals surface area (Å²) < 4.78 is 5.70. The lowest BCUT2D eigenvalue weighted by Crippen LogP contribution is -2.25. The SMILES string of the molecule is C[C@H](N)c1cccnc1OC(C)(C)C. The number of nitrogens with zero attached hydrogens (tertiary/aromatic N) is 1. The average molecular weight is 194 g/mol. The van der Waals surface area contributed by atoms with E-state index in [1.165, 1.54) is 0 Å². The van der Waals surface area contributed by atoms with Crippen molar-refractivity contribution < 1.29 is 4.74 Å². The summed E-state index contributed by atoms with van der Waals surface area (Å²) in [5, 5.41) is 0. The van der Waals surface area contributed by atoms with Crippen molar-refractivity contribution >= 4 is 0 Å². The molecule has 1 aromatic rings. The maximum absolute atomic E-state index is 5.81. The predicted octanol–water partition coefficient (Wildman–Crippen LogP) is 2.28. The van der Waals surface area contributed by atoms with Crippen LogP contribution in [0, 0.1) is 0 Å². The number of aromatic nitrogens is 1. The van der Waals surface area contributed by atoms with Crippen LogP contribution >= 0.6 is 0 Å². The molecule has 0 aliphatic carbocycles. The summed E-state index contributed by atoms with van der Waals surface area (Å²) in [5.41, 5.74) is 6.52. The molecule has 0 aromatic carbocycles. The van der Waals surface area contributed by atoms with Gasteiger partial charge in [-0.25, -0.2) is 4.98 Å². The minimum absolute atomic E-state index is 0.0546. The molecule has 1 heterocycles. The van der Waals surface area contributed by atoms with E-state index in [-0.39, 0.29) is 11.6 Å². The van der Waals surface area contributed by atoms with Crippen molar-refractivity contribution in [3.05, 3.63) is 23.9 Å². The van der Waals surface area contributed by atoms with E-state index in [1.54, 1.807) is 6.20 Å². The molecular weight excluding hydrogens is 176 g/mol. The molecule has 0 saturated carbocycles. The fraction of sp³-hybridized carbons (Fsp3) is 0.545. The zero-order valence-electron chi connectivity index (χ0n) is 9.24. The van der Waals surface area contributed by atoms with Gasteiger partial charge in [-0.3, -0.25) is 0 Å². The third-order valence-electron chi connectivity index (χ3n) is 1.69. The second-order valence-electron chi connectivity index (χ2n) is 4.40. The van der Waals surface area contributed by atoms with Crippen LogP contribution in [0.15, 0.2) is 18.3 Å². The third-order valence-corrected chi connectivity index (χ3v) is 1.69. The van der Waals surface area contributed by atoms with Crippen LogP contribution in [0.2, 0.25) is 0 Å². The Morgan fingerprint density at radius 1 is 1.43 bits per heavy atom. The maximum atomic E-state index is 5.81. The van der Waals surface area contributed by atoms with Crippen LogP contribution in [0.4, 0.5) is 0 Å². The van der Waals surface area contributed by atoms with Crippen molar-refractivity contribution in [1.82, 2.24) is 4.98 Å². The van der Waals surface area contributed by atoms with Gasteiger partial charge in [0.15, 0.2) is 0 Å². The van der Waals surface area contributed by atoms with Crippen molar-refractivity contribution in [2.45, 2.75) is 39.3 Å². The molecule has 78 valence electrons. The largest absolute Gasteiger partial charge is 0.472 e. The molecule has 3 nitrogen and oxygen atoms in total. The average Bonchev–Trinajstić information content (AvgIpc) is 2.01. The Morgan fingerprint density at radius 2 is 2.07 bits per heavy atom. The highest BCUT2D eigenvalue weighted by Gasteiger charge is 2.16. The van der Waals surface area contributed by atoms with Crippen molar-refractivity contribution in [2.75, 3.05) is 0 Å². The van der Waals surface area contributed by atoms with Crippen LogP contribution < -0.4 is 10.5 Å². The lowest BCUT2D eigenvalue weighted by atomic mass is 10.1. The molecule has 0 bridgehead atoms. The first-order valence-corrected chi connectivity index (χ1v) is 4.79. The van der Waals surface area contributed by atoms with E-state index >= 15 is 0 Å². The fourth-order valence-electron chi connectivity index (χ4n) is 1.13. The summed E-state index contributed by atoms with van der Waals surface area (Å²) in [4.78, 5) is 4.18. The van der Waals surface area contributed by atoms with E-state index in [0.29, 0.717) is 5.88 Å². The number of ether oxygens (including phenoxy) is 1. The van der Waals surface area contributed by atoms with Gasteiger partial charge >= 0.3 is 0 Å². The number of rotatable bonds is 2. The molecule has 0 aliphatic heterocycles. The molecule has 0 saturated heterocycles. The lowest BCUT2D eigenvalue weighted by molar-refractivity contribution is 0.122. The first kappa shape index (κ1) is 11.0. The van der Waals surface area contributed by atoms with Crippen LogP contribution in [0.25, 0.3) is 0 Å². The molecule has 2 N–H and O–H groups in total. The van der Waals surface area contributed by atoms with Crippen LogP contribution in [0.5, 0.6) is 5.88 Å². The van der Waals surface area contributed by atoms with Crippen LogP contribution in [0.3, 0.4) is 0 Å². The summed E-state index contributed by atoms with van der Waals surface area (Å²) in [6, 6.07) is 3.76. The van der Waals surface area contributed by atoms with Crippen LogP contribution in [0.1, 0.15) is 39.3 Å².